The highest BCUT2D eigenvalue weighted by atomic mass is 16.5. The van der Waals surface area contributed by atoms with Crippen molar-refractivity contribution in [1.29, 1.82) is 0 Å². The van der Waals surface area contributed by atoms with Crippen LogP contribution in [0.1, 0.15) is 25.8 Å². The summed E-state index contributed by atoms with van der Waals surface area (Å²) >= 11 is 0. The second-order valence-corrected chi connectivity index (χ2v) is 6.88. The molecule has 0 fully saturated rings. The van der Waals surface area contributed by atoms with E-state index in [-0.39, 0.29) is 23.1 Å². The van der Waals surface area contributed by atoms with Crippen LogP contribution in [0.4, 0.5) is 17.5 Å². The molecule has 0 bridgehead atoms. The van der Waals surface area contributed by atoms with E-state index >= 15 is 0 Å². The average Bonchev–Trinajstić information content (AvgIpc) is 2.55. The molecule has 134 valence electrons. The summed E-state index contributed by atoms with van der Waals surface area (Å²) in [6.07, 6.45) is 1.95. The zero-order valence-electron chi connectivity index (χ0n) is 14.6. The minimum Gasteiger partial charge on any atom is -0.379 e. The van der Waals surface area contributed by atoms with Gasteiger partial charge in [-0.1, -0.05) is 30.3 Å². The van der Waals surface area contributed by atoms with Gasteiger partial charge in [-0.2, -0.15) is 4.98 Å². The molecular weight excluding hydrogens is 318 g/mol. The van der Waals surface area contributed by atoms with Crippen molar-refractivity contribution < 1.29 is 4.74 Å². The normalized spacial score (nSPS) is 18.1. The number of fused-ring (bicyclic) bond motifs is 1. The highest BCUT2D eigenvalue weighted by molar-refractivity contribution is 5.69. The molecule has 0 amide bonds. The monoisotopic (exact) mass is 343 g/mol. The molecule has 2 aromatic rings. The highest BCUT2D eigenvalue weighted by Gasteiger charge is 2.36. The molecule has 0 saturated carbocycles. The van der Waals surface area contributed by atoms with E-state index in [9.17, 15) is 4.79 Å². The molecule has 0 spiro atoms. The summed E-state index contributed by atoms with van der Waals surface area (Å²) in [6.45, 7) is 5.25. The average molecular weight is 343 g/mol. The van der Waals surface area contributed by atoms with E-state index < -0.39 is 0 Å². The van der Waals surface area contributed by atoms with Gasteiger partial charge in [0.25, 0.3) is 5.56 Å². The predicted octanol–water partition coefficient (Wildman–Crippen LogP) is 1.99. The predicted molar refractivity (Wildman–Crippen MR) is 100.0 cm³/mol. The van der Waals surface area contributed by atoms with Gasteiger partial charge in [0.15, 0.2) is 5.82 Å². The summed E-state index contributed by atoms with van der Waals surface area (Å²) in [5.41, 5.74) is 6.73. The first kappa shape index (κ1) is 17.3. The van der Waals surface area contributed by atoms with Crippen molar-refractivity contribution in [3.63, 3.8) is 0 Å². The number of nitrogens with one attached hydrogen (secondary N) is 3. The fourth-order valence-corrected chi connectivity index (χ4v) is 2.94. The molecule has 0 saturated heterocycles. The molecule has 1 aliphatic heterocycles. The summed E-state index contributed by atoms with van der Waals surface area (Å²) in [7, 11) is 0. The first-order chi connectivity index (χ1) is 12.0. The smallest absolute Gasteiger partial charge is 0.277 e. The van der Waals surface area contributed by atoms with Gasteiger partial charge >= 0.3 is 0 Å². The molecule has 5 N–H and O–H groups in total. The van der Waals surface area contributed by atoms with E-state index in [1.54, 1.807) is 0 Å². The van der Waals surface area contributed by atoms with Crippen LogP contribution in [0, 0.1) is 0 Å². The maximum atomic E-state index is 12.1. The number of aromatic amines is 1. The lowest BCUT2D eigenvalue weighted by molar-refractivity contribution is 0.110. The summed E-state index contributed by atoms with van der Waals surface area (Å²) in [5.74, 6) is 0.580. The van der Waals surface area contributed by atoms with Gasteiger partial charge in [0.2, 0.25) is 5.95 Å². The standard InChI is InChI=1S/C18H25N5O2/c1-18(2)13(11-25-10-6-9-12-7-4-3-5-8-12)20-14-15(23-18)21-17(19)22-16(14)24/h3-5,7-8,13,20H,6,9-11H2,1-2H3,(H4,19,21,22,23,24). The third-order valence-electron chi connectivity index (χ3n) is 4.45. The van der Waals surface area contributed by atoms with Crippen LogP contribution >= 0.6 is 0 Å². The Labute approximate surface area is 147 Å². The van der Waals surface area contributed by atoms with Gasteiger partial charge in [0.05, 0.1) is 18.2 Å². The fraction of sp³-hybridized carbons (Fsp3) is 0.444. The number of anilines is 3. The summed E-state index contributed by atoms with van der Waals surface area (Å²) in [6, 6.07) is 10.3. The number of nitrogen functional groups attached to an aromatic ring is 1. The van der Waals surface area contributed by atoms with Crippen LogP contribution in [-0.4, -0.2) is 34.8 Å². The van der Waals surface area contributed by atoms with Crippen LogP contribution in [-0.2, 0) is 11.2 Å². The van der Waals surface area contributed by atoms with Crippen LogP contribution in [0.5, 0.6) is 0 Å². The molecule has 2 heterocycles. The van der Waals surface area contributed by atoms with Gasteiger partial charge in [-0.25, -0.2) is 0 Å². The van der Waals surface area contributed by atoms with Gasteiger partial charge in [-0.15, -0.1) is 0 Å². The van der Waals surface area contributed by atoms with Crippen LogP contribution < -0.4 is 21.9 Å². The number of hydrogen-bond acceptors (Lipinski definition) is 6. The maximum Gasteiger partial charge on any atom is 0.277 e. The number of nitrogens with zero attached hydrogens (tertiary/aromatic N) is 1. The SMILES string of the molecule is CC1(C)Nc2nc(N)[nH]c(=O)c2NC1COCCCc1ccccc1. The van der Waals surface area contributed by atoms with Gasteiger partial charge in [-0.3, -0.25) is 9.78 Å². The Hall–Kier alpha value is -2.54. The third kappa shape index (κ3) is 4.11. The van der Waals surface area contributed by atoms with Crippen molar-refractivity contribution >= 4 is 17.5 Å². The number of benzene rings is 1. The Bertz CT molecular complexity index is 773. The second kappa shape index (κ2) is 7.14. The van der Waals surface area contributed by atoms with Crippen LogP contribution in [0.25, 0.3) is 0 Å². The van der Waals surface area contributed by atoms with E-state index in [4.69, 9.17) is 10.5 Å². The number of H-pyrrole nitrogens is 1. The largest absolute Gasteiger partial charge is 0.379 e. The molecule has 1 aromatic heterocycles. The lowest BCUT2D eigenvalue weighted by Gasteiger charge is -2.41. The molecule has 0 aliphatic carbocycles. The summed E-state index contributed by atoms with van der Waals surface area (Å²) in [4.78, 5) is 18.7. The Morgan fingerprint density at radius 2 is 2.04 bits per heavy atom. The van der Waals surface area contributed by atoms with E-state index in [0.717, 1.165) is 12.8 Å². The molecule has 1 aliphatic rings. The maximum absolute atomic E-state index is 12.1. The van der Waals surface area contributed by atoms with E-state index in [1.807, 2.05) is 32.0 Å². The highest BCUT2D eigenvalue weighted by Crippen LogP contribution is 2.29. The van der Waals surface area contributed by atoms with Crippen molar-refractivity contribution in [3.05, 3.63) is 46.2 Å². The van der Waals surface area contributed by atoms with Gasteiger partial charge < -0.3 is 21.1 Å². The van der Waals surface area contributed by atoms with Gasteiger partial charge in [0.1, 0.15) is 5.69 Å². The molecule has 1 aromatic carbocycles. The topological polar surface area (TPSA) is 105 Å². The molecule has 7 nitrogen and oxygen atoms in total. The van der Waals surface area contributed by atoms with Crippen molar-refractivity contribution in [2.75, 3.05) is 29.6 Å². The first-order valence-electron chi connectivity index (χ1n) is 8.52. The molecule has 0 radical (unpaired) electrons. The summed E-state index contributed by atoms with van der Waals surface area (Å²) in [5, 5.41) is 6.52. The zero-order chi connectivity index (χ0) is 17.9. The molecular formula is C18H25N5O2. The zero-order valence-corrected chi connectivity index (χ0v) is 14.6. The molecule has 3 rings (SSSR count). The van der Waals surface area contributed by atoms with Crippen molar-refractivity contribution in [1.82, 2.24) is 9.97 Å². The summed E-state index contributed by atoms with van der Waals surface area (Å²) < 4.78 is 5.85. The van der Waals surface area contributed by atoms with Crippen LogP contribution in [0.3, 0.4) is 0 Å². The molecule has 1 atom stereocenters. The minimum absolute atomic E-state index is 0.0525. The second-order valence-electron chi connectivity index (χ2n) is 6.88. The lowest BCUT2D eigenvalue weighted by atomic mass is 9.92. The number of aryl methyl sites for hydroxylation is 1. The Balaban J connectivity index is 1.54. The van der Waals surface area contributed by atoms with E-state index in [0.29, 0.717) is 24.7 Å². The van der Waals surface area contributed by atoms with Crippen molar-refractivity contribution in [2.45, 2.75) is 38.3 Å². The lowest BCUT2D eigenvalue weighted by Crippen LogP contribution is -2.55. The Kier molecular flexibility index (Phi) is 4.94. The Morgan fingerprint density at radius 3 is 2.80 bits per heavy atom. The molecule has 1 unspecified atom stereocenters. The van der Waals surface area contributed by atoms with Gasteiger partial charge in [0, 0.05) is 6.61 Å². The van der Waals surface area contributed by atoms with E-state index in [1.165, 1.54) is 5.56 Å². The number of nitrogens with two attached hydrogens (primary N) is 1. The third-order valence-corrected chi connectivity index (χ3v) is 4.45. The number of aromatic nitrogens is 2. The van der Waals surface area contributed by atoms with Crippen molar-refractivity contribution in [2.24, 2.45) is 0 Å². The minimum atomic E-state index is -0.320. The molecule has 25 heavy (non-hydrogen) atoms. The van der Waals surface area contributed by atoms with Gasteiger partial charge in [-0.05, 0) is 32.3 Å². The van der Waals surface area contributed by atoms with Crippen molar-refractivity contribution in [3.8, 4) is 0 Å². The first-order valence-corrected chi connectivity index (χ1v) is 8.52. The number of ether oxygens (including phenoxy) is 1. The fourth-order valence-electron chi connectivity index (χ4n) is 2.94. The molecule has 7 heteroatoms. The van der Waals surface area contributed by atoms with Crippen LogP contribution in [0.15, 0.2) is 35.1 Å². The van der Waals surface area contributed by atoms with E-state index in [2.05, 4.69) is 32.7 Å². The van der Waals surface area contributed by atoms with Crippen LogP contribution in [0.2, 0.25) is 0 Å². The number of hydrogen-bond donors (Lipinski definition) is 4. The quantitative estimate of drug-likeness (QED) is 0.598. The number of rotatable bonds is 6. The Morgan fingerprint density at radius 1 is 1.28 bits per heavy atom.